The summed E-state index contributed by atoms with van der Waals surface area (Å²) in [6, 6.07) is 12.6. The van der Waals surface area contributed by atoms with Crippen LogP contribution < -0.4 is 0 Å². The van der Waals surface area contributed by atoms with Crippen molar-refractivity contribution in [1.82, 2.24) is 4.90 Å². The van der Waals surface area contributed by atoms with E-state index in [2.05, 4.69) is 0 Å². The third-order valence-electron chi connectivity index (χ3n) is 3.56. The molecule has 0 saturated carbocycles. The molecule has 0 aliphatic carbocycles. The zero-order valence-electron chi connectivity index (χ0n) is 12.2. The van der Waals surface area contributed by atoms with Crippen LogP contribution in [0.25, 0.3) is 0 Å². The van der Waals surface area contributed by atoms with Crippen molar-refractivity contribution < 1.29 is 9.72 Å². The van der Waals surface area contributed by atoms with E-state index < -0.39 is 4.92 Å². The fourth-order valence-corrected chi connectivity index (χ4v) is 2.22. The molecule has 2 aromatic rings. The van der Waals surface area contributed by atoms with Gasteiger partial charge in [0.1, 0.15) is 0 Å². The minimum atomic E-state index is -0.447. The minimum Gasteiger partial charge on any atom is -0.335 e. The highest BCUT2D eigenvalue weighted by atomic mass is 35.5. The molecule has 1 atom stereocenters. The zero-order chi connectivity index (χ0) is 16.3. The van der Waals surface area contributed by atoms with Crippen LogP contribution in [0.15, 0.2) is 48.5 Å². The second kappa shape index (κ2) is 6.58. The van der Waals surface area contributed by atoms with E-state index in [1.54, 1.807) is 48.3 Å². The lowest BCUT2D eigenvalue weighted by atomic mass is 10.1. The summed E-state index contributed by atoms with van der Waals surface area (Å²) < 4.78 is 0. The Labute approximate surface area is 133 Å². The molecule has 0 radical (unpaired) electrons. The van der Waals surface area contributed by atoms with Gasteiger partial charge in [0.05, 0.1) is 11.0 Å². The van der Waals surface area contributed by atoms with Gasteiger partial charge in [-0.1, -0.05) is 23.7 Å². The van der Waals surface area contributed by atoms with Gasteiger partial charge in [0, 0.05) is 29.8 Å². The quantitative estimate of drug-likeness (QED) is 0.630. The van der Waals surface area contributed by atoms with Crippen molar-refractivity contribution in [1.29, 1.82) is 0 Å². The number of nitrogens with zero attached hydrogens (tertiary/aromatic N) is 2. The van der Waals surface area contributed by atoms with Crippen molar-refractivity contribution in [3.63, 3.8) is 0 Å². The molecule has 2 aromatic carbocycles. The first kappa shape index (κ1) is 16.0. The average molecular weight is 319 g/mol. The number of nitro benzene ring substituents is 1. The highest BCUT2D eigenvalue weighted by Gasteiger charge is 2.20. The maximum absolute atomic E-state index is 12.4. The van der Waals surface area contributed by atoms with Gasteiger partial charge >= 0.3 is 0 Å². The molecule has 0 aromatic heterocycles. The van der Waals surface area contributed by atoms with Crippen molar-refractivity contribution in [3.8, 4) is 0 Å². The lowest BCUT2D eigenvalue weighted by Crippen LogP contribution is -2.29. The van der Waals surface area contributed by atoms with Crippen LogP contribution in [0, 0.1) is 10.1 Å². The van der Waals surface area contributed by atoms with Crippen LogP contribution in [0.4, 0.5) is 5.69 Å². The molecule has 6 heteroatoms. The van der Waals surface area contributed by atoms with E-state index in [4.69, 9.17) is 11.6 Å². The van der Waals surface area contributed by atoms with Crippen LogP contribution in [0.1, 0.15) is 28.9 Å². The molecule has 0 saturated heterocycles. The van der Waals surface area contributed by atoms with Crippen LogP contribution in [-0.4, -0.2) is 22.8 Å². The summed E-state index contributed by atoms with van der Waals surface area (Å²) in [5, 5.41) is 11.4. The van der Waals surface area contributed by atoms with Crippen molar-refractivity contribution in [3.05, 3.63) is 74.8 Å². The molecule has 114 valence electrons. The molecule has 0 heterocycles. The third kappa shape index (κ3) is 3.43. The van der Waals surface area contributed by atoms with Gasteiger partial charge in [-0.2, -0.15) is 0 Å². The van der Waals surface area contributed by atoms with Gasteiger partial charge in [-0.3, -0.25) is 14.9 Å². The number of nitro groups is 1. The van der Waals surface area contributed by atoms with Gasteiger partial charge in [-0.25, -0.2) is 0 Å². The molecule has 0 aliphatic heterocycles. The van der Waals surface area contributed by atoms with Crippen molar-refractivity contribution >= 4 is 23.2 Å². The van der Waals surface area contributed by atoms with Crippen LogP contribution in [-0.2, 0) is 0 Å². The fraction of sp³-hybridized carbons (Fsp3) is 0.188. The molecule has 5 nitrogen and oxygen atoms in total. The van der Waals surface area contributed by atoms with Gasteiger partial charge in [0.25, 0.3) is 11.6 Å². The van der Waals surface area contributed by atoms with E-state index in [1.807, 2.05) is 6.92 Å². The molecule has 0 aliphatic rings. The topological polar surface area (TPSA) is 63.5 Å². The van der Waals surface area contributed by atoms with E-state index in [0.717, 1.165) is 0 Å². The number of amides is 1. The number of hydrogen-bond acceptors (Lipinski definition) is 3. The lowest BCUT2D eigenvalue weighted by molar-refractivity contribution is -0.384. The summed E-state index contributed by atoms with van der Waals surface area (Å²) in [5.74, 6) is -0.171. The van der Waals surface area contributed by atoms with Crippen molar-refractivity contribution in [2.75, 3.05) is 7.05 Å². The molecule has 0 N–H and O–H groups in total. The Morgan fingerprint density at radius 2 is 1.86 bits per heavy atom. The summed E-state index contributed by atoms with van der Waals surface area (Å²) in [5.41, 5.74) is 1.24. The number of hydrogen-bond donors (Lipinski definition) is 0. The highest BCUT2D eigenvalue weighted by molar-refractivity contribution is 6.30. The first-order valence-corrected chi connectivity index (χ1v) is 7.05. The SMILES string of the molecule is C[C@@H](c1cccc([N+](=O)[O-])c1)N(C)C(=O)c1ccc(Cl)cc1. The number of carbonyl (C=O) groups excluding carboxylic acids is 1. The zero-order valence-corrected chi connectivity index (χ0v) is 12.9. The number of carbonyl (C=O) groups is 1. The first-order valence-electron chi connectivity index (χ1n) is 6.67. The molecular formula is C16H15ClN2O3. The Morgan fingerprint density at radius 3 is 2.45 bits per heavy atom. The Balaban J connectivity index is 2.22. The van der Waals surface area contributed by atoms with Gasteiger partial charge in [-0.05, 0) is 36.8 Å². The van der Waals surface area contributed by atoms with E-state index >= 15 is 0 Å². The van der Waals surface area contributed by atoms with E-state index in [-0.39, 0.29) is 17.6 Å². The molecule has 0 fully saturated rings. The number of benzene rings is 2. The smallest absolute Gasteiger partial charge is 0.269 e. The van der Waals surface area contributed by atoms with E-state index in [9.17, 15) is 14.9 Å². The molecular weight excluding hydrogens is 304 g/mol. The summed E-state index contributed by atoms with van der Waals surface area (Å²) in [7, 11) is 1.67. The van der Waals surface area contributed by atoms with Gasteiger partial charge in [0.15, 0.2) is 0 Å². The molecule has 0 unspecified atom stereocenters. The fourth-order valence-electron chi connectivity index (χ4n) is 2.09. The molecule has 0 bridgehead atoms. The predicted molar refractivity (Wildman–Crippen MR) is 85.1 cm³/mol. The standard InChI is InChI=1S/C16H15ClN2O3/c1-11(13-4-3-5-15(10-13)19(21)22)18(2)16(20)12-6-8-14(17)9-7-12/h3-11H,1-2H3/t11-/m0/s1. The first-order chi connectivity index (χ1) is 10.4. The molecule has 22 heavy (non-hydrogen) atoms. The van der Waals surface area contributed by atoms with Crippen LogP contribution in [0.3, 0.4) is 0 Å². The highest BCUT2D eigenvalue weighted by Crippen LogP contribution is 2.24. The lowest BCUT2D eigenvalue weighted by Gasteiger charge is -2.25. The largest absolute Gasteiger partial charge is 0.335 e. The predicted octanol–water partition coefficient (Wildman–Crippen LogP) is 4.08. The van der Waals surface area contributed by atoms with Crippen LogP contribution >= 0.6 is 11.6 Å². The Kier molecular flexibility index (Phi) is 4.78. The summed E-state index contributed by atoms with van der Waals surface area (Å²) in [6.45, 7) is 1.83. The Bertz CT molecular complexity index is 701. The van der Waals surface area contributed by atoms with E-state index in [0.29, 0.717) is 16.1 Å². The van der Waals surface area contributed by atoms with Crippen molar-refractivity contribution in [2.45, 2.75) is 13.0 Å². The summed E-state index contributed by atoms with van der Waals surface area (Å²) >= 11 is 5.81. The Hall–Kier alpha value is -2.40. The number of non-ortho nitro benzene ring substituents is 1. The van der Waals surface area contributed by atoms with Crippen LogP contribution in [0.5, 0.6) is 0 Å². The molecule has 0 spiro atoms. The Morgan fingerprint density at radius 1 is 1.23 bits per heavy atom. The normalized spacial score (nSPS) is 11.8. The van der Waals surface area contributed by atoms with Crippen LogP contribution in [0.2, 0.25) is 5.02 Å². The van der Waals surface area contributed by atoms with Gasteiger partial charge < -0.3 is 4.90 Å². The minimum absolute atomic E-state index is 0.0108. The number of halogens is 1. The summed E-state index contributed by atoms with van der Waals surface area (Å²) in [4.78, 5) is 24.4. The third-order valence-corrected chi connectivity index (χ3v) is 3.81. The number of rotatable bonds is 4. The maximum Gasteiger partial charge on any atom is 0.269 e. The molecule has 2 rings (SSSR count). The molecule has 1 amide bonds. The monoisotopic (exact) mass is 318 g/mol. The van der Waals surface area contributed by atoms with Gasteiger partial charge in [-0.15, -0.1) is 0 Å². The van der Waals surface area contributed by atoms with Crippen molar-refractivity contribution in [2.24, 2.45) is 0 Å². The second-order valence-electron chi connectivity index (χ2n) is 4.95. The second-order valence-corrected chi connectivity index (χ2v) is 5.39. The summed E-state index contributed by atoms with van der Waals surface area (Å²) in [6.07, 6.45) is 0. The van der Waals surface area contributed by atoms with Gasteiger partial charge in [0.2, 0.25) is 0 Å². The van der Waals surface area contributed by atoms with E-state index in [1.165, 1.54) is 12.1 Å². The maximum atomic E-state index is 12.4. The average Bonchev–Trinajstić information content (AvgIpc) is 2.53.